The van der Waals surface area contributed by atoms with E-state index in [1.807, 2.05) is 24.4 Å². The topological polar surface area (TPSA) is 46.3 Å². The summed E-state index contributed by atoms with van der Waals surface area (Å²) in [5.74, 6) is 0.0286. The summed E-state index contributed by atoms with van der Waals surface area (Å²) >= 11 is 1.52. The Balaban J connectivity index is 1.77. The quantitative estimate of drug-likeness (QED) is 0.704. The lowest BCUT2D eigenvalue weighted by Crippen LogP contribution is -2.30. The van der Waals surface area contributed by atoms with Gasteiger partial charge in [0.15, 0.2) is 11.5 Å². The van der Waals surface area contributed by atoms with Crippen molar-refractivity contribution in [3.05, 3.63) is 64.9 Å². The Hall–Kier alpha value is -2.47. The minimum absolute atomic E-state index is 0.233. The molecule has 1 amide bonds. The molecule has 118 valence electrons. The van der Waals surface area contributed by atoms with Crippen LogP contribution in [0.5, 0.6) is 0 Å². The first kappa shape index (κ1) is 15.4. The van der Waals surface area contributed by atoms with Crippen molar-refractivity contribution in [3.8, 4) is 10.6 Å². The molecule has 3 aromatic rings. The number of benzene rings is 1. The van der Waals surface area contributed by atoms with Gasteiger partial charge in [-0.2, -0.15) is 0 Å². The Kier molecular flexibility index (Phi) is 4.52. The van der Waals surface area contributed by atoms with Crippen LogP contribution in [0, 0.1) is 5.82 Å². The van der Waals surface area contributed by atoms with Crippen molar-refractivity contribution < 1.29 is 13.7 Å². The molecule has 2 heterocycles. The first-order valence-corrected chi connectivity index (χ1v) is 8.09. The summed E-state index contributed by atoms with van der Waals surface area (Å²) in [7, 11) is 0. The van der Waals surface area contributed by atoms with Gasteiger partial charge in [-0.3, -0.25) is 4.79 Å². The van der Waals surface area contributed by atoms with Crippen LogP contribution >= 0.6 is 11.3 Å². The summed E-state index contributed by atoms with van der Waals surface area (Å²) in [6.45, 7) is 2.70. The first-order valence-electron chi connectivity index (χ1n) is 7.21. The molecule has 3 rings (SSSR count). The third-order valence-electron chi connectivity index (χ3n) is 3.42. The van der Waals surface area contributed by atoms with Gasteiger partial charge >= 0.3 is 0 Å². The number of halogens is 1. The lowest BCUT2D eigenvalue weighted by Gasteiger charge is -2.19. The highest BCUT2D eigenvalue weighted by molar-refractivity contribution is 7.13. The van der Waals surface area contributed by atoms with Gasteiger partial charge in [0.1, 0.15) is 5.82 Å². The molecular weight excluding hydrogens is 315 g/mol. The summed E-state index contributed by atoms with van der Waals surface area (Å²) in [5.41, 5.74) is 0.994. The molecule has 0 aliphatic carbocycles. The van der Waals surface area contributed by atoms with Crippen molar-refractivity contribution >= 4 is 17.2 Å². The monoisotopic (exact) mass is 330 g/mol. The summed E-state index contributed by atoms with van der Waals surface area (Å²) in [6.07, 6.45) is 0. The van der Waals surface area contributed by atoms with E-state index >= 15 is 0 Å². The highest BCUT2D eigenvalue weighted by atomic mass is 32.1. The van der Waals surface area contributed by atoms with Crippen molar-refractivity contribution in [1.82, 2.24) is 10.1 Å². The van der Waals surface area contributed by atoms with E-state index in [4.69, 9.17) is 4.52 Å². The van der Waals surface area contributed by atoms with E-state index in [-0.39, 0.29) is 17.4 Å². The Bertz CT molecular complexity index is 799. The fourth-order valence-electron chi connectivity index (χ4n) is 2.26. The number of carbonyl (C=O) groups is 1. The van der Waals surface area contributed by atoms with Crippen molar-refractivity contribution in [2.75, 3.05) is 6.54 Å². The third-order valence-corrected chi connectivity index (χ3v) is 4.31. The molecule has 0 bridgehead atoms. The molecule has 4 nitrogen and oxygen atoms in total. The van der Waals surface area contributed by atoms with Crippen LogP contribution in [-0.4, -0.2) is 22.5 Å². The van der Waals surface area contributed by atoms with Crippen molar-refractivity contribution in [2.45, 2.75) is 13.5 Å². The lowest BCUT2D eigenvalue weighted by atomic mass is 10.2. The van der Waals surface area contributed by atoms with E-state index in [1.54, 1.807) is 23.1 Å². The van der Waals surface area contributed by atoms with Gasteiger partial charge in [0.05, 0.1) is 4.88 Å². The SMILES string of the molecule is CCN(Cc1cccc(F)c1)C(=O)c1cc(-c2cccs2)on1. The number of nitrogens with zero attached hydrogens (tertiary/aromatic N) is 2. The maximum Gasteiger partial charge on any atom is 0.276 e. The second-order valence-electron chi connectivity index (χ2n) is 5.00. The van der Waals surface area contributed by atoms with Crippen LogP contribution in [0.3, 0.4) is 0 Å². The Morgan fingerprint density at radius 1 is 1.30 bits per heavy atom. The standard InChI is InChI=1S/C17H15FN2O2S/c1-2-20(11-12-5-3-6-13(18)9-12)17(21)14-10-15(22-19-14)16-7-4-8-23-16/h3-10H,2,11H2,1H3. The molecule has 23 heavy (non-hydrogen) atoms. The predicted octanol–water partition coefficient (Wildman–Crippen LogP) is 4.20. The van der Waals surface area contributed by atoms with Gasteiger partial charge in [0, 0.05) is 19.2 Å². The van der Waals surface area contributed by atoms with Crippen molar-refractivity contribution in [3.63, 3.8) is 0 Å². The Morgan fingerprint density at radius 2 is 2.17 bits per heavy atom. The van der Waals surface area contributed by atoms with Crippen LogP contribution in [0.15, 0.2) is 52.4 Å². The van der Waals surface area contributed by atoms with Gasteiger partial charge < -0.3 is 9.42 Å². The van der Waals surface area contributed by atoms with Crippen LogP contribution < -0.4 is 0 Å². The molecule has 0 spiro atoms. The minimum atomic E-state index is -0.313. The maximum atomic E-state index is 13.3. The Labute approximate surface area is 137 Å². The van der Waals surface area contributed by atoms with E-state index < -0.39 is 0 Å². The first-order chi connectivity index (χ1) is 11.2. The minimum Gasteiger partial charge on any atom is -0.355 e. The summed E-state index contributed by atoms with van der Waals surface area (Å²) < 4.78 is 18.5. The molecule has 0 aliphatic heterocycles. The van der Waals surface area contributed by atoms with E-state index in [0.29, 0.717) is 18.8 Å². The molecule has 0 radical (unpaired) electrons. The molecule has 1 aromatic carbocycles. The molecule has 0 aliphatic rings. The average molecular weight is 330 g/mol. The van der Waals surface area contributed by atoms with Crippen LogP contribution in [0.2, 0.25) is 0 Å². The molecule has 0 fully saturated rings. The van der Waals surface area contributed by atoms with Gasteiger partial charge in [-0.1, -0.05) is 23.4 Å². The van der Waals surface area contributed by atoms with E-state index in [2.05, 4.69) is 5.16 Å². The van der Waals surface area contributed by atoms with Gasteiger partial charge in [0.25, 0.3) is 5.91 Å². The largest absolute Gasteiger partial charge is 0.355 e. The van der Waals surface area contributed by atoms with Crippen LogP contribution in [0.4, 0.5) is 4.39 Å². The third kappa shape index (κ3) is 3.48. The van der Waals surface area contributed by atoms with Gasteiger partial charge in [-0.25, -0.2) is 4.39 Å². The normalized spacial score (nSPS) is 10.7. The highest BCUT2D eigenvalue weighted by Crippen LogP contribution is 2.25. The molecule has 6 heteroatoms. The number of hydrogen-bond acceptors (Lipinski definition) is 4. The van der Waals surface area contributed by atoms with Crippen LogP contribution in [-0.2, 0) is 6.54 Å². The number of rotatable bonds is 5. The average Bonchev–Trinajstić information content (AvgIpc) is 3.22. The number of hydrogen-bond donors (Lipinski definition) is 0. The zero-order chi connectivity index (χ0) is 16.2. The van der Waals surface area contributed by atoms with Gasteiger partial charge in [0.2, 0.25) is 0 Å². The number of aromatic nitrogens is 1. The van der Waals surface area contributed by atoms with E-state index in [0.717, 1.165) is 10.4 Å². The highest BCUT2D eigenvalue weighted by Gasteiger charge is 2.20. The lowest BCUT2D eigenvalue weighted by molar-refractivity contribution is 0.0742. The summed E-state index contributed by atoms with van der Waals surface area (Å²) in [4.78, 5) is 15.1. The number of thiophene rings is 1. The van der Waals surface area contributed by atoms with Gasteiger partial charge in [-0.15, -0.1) is 11.3 Å². The van der Waals surface area contributed by atoms with E-state index in [9.17, 15) is 9.18 Å². The number of amides is 1. The molecule has 2 aromatic heterocycles. The van der Waals surface area contributed by atoms with Crippen molar-refractivity contribution in [2.24, 2.45) is 0 Å². The molecular formula is C17H15FN2O2S. The van der Waals surface area contributed by atoms with Gasteiger partial charge in [-0.05, 0) is 36.1 Å². The zero-order valence-electron chi connectivity index (χ0n) is 12.5. The molecule has 0 unspecified atom stereocenters. The second-order valence-corrected chi connectivity index (χ2v) is 5.95. The van der Waals surface area contributed by atoms with Crippen LogP contribution in [0.25, 0.3) is 10.6 Å². The Morgan fingerprint density at radius 3 is 2.87 bits per heavy atom. The predicted molar refractivity (Wildman–Crippen MR) is 86.6 cm³/mol. The zero-order valence-corrected chi connectivity index (χ0v) is 13.3. The molecule has 0 saturated carbocycles. The summed E-state index contributed by atoms with van der Waals surface area (Å²) in [6, 6.07) is 11.7. The van der Waals surface area contributed by atoms with E-state index in [1.165, 1.54) is 23.5 Å². The van der Waals surface area contributed by atoms with Crippen molar-refractivity contribution in [1.29, 1.82) is 0 Å². The molecule has 0 saturated heterocycles. The molecule has 0 atom stereocenters. The van der Waals surface area contributed by atoms with Crippen LogP contribution in [0.1, 0.15) is 23.0 Å². The second kappa shape index (κ2) is 6.75. The smallest absolute Gasteiger partial charge is 0.276 e. The molecule has 0 N–H and O–H groups in total. The number of carbonyl (C=O) groups excluding carboxylic acids is 1. The maximum absolute atomic E-state index is 13.3. The fraction of sp³-hybridized carbons (Fsp3) is 0.176. The fourth-order valence-corrected chi connectivity index (χ4v) is 2.93. The summed E-state index contributed by atoms with van der Waals surface area (Å²) in [5, 5.41) is 5.80.